The lowest BCUT2D eigenvalue weighted by Gasteiger charge is -2.24. The Bertz CT molecular complexity index is 1340. The van der Waals surface area contributed by atoms with Gasteiger partial charge in [0, 0.05) is 22.3 Å². The molecule has 3 aromatic carbocycles. The Morgan fingerprint density at radius 1 is 0.949 bits per heavy atom. The third-order valence-electron chi connectivity index (χ3n) is 6.19. The molecule has 10 heteroatoms. The topological polar surface area (TPSA) is 71.1 Å². The number of rotatable bonds is 11. The van der Waals surface area contributed by atoms with Crippen molar-refractivity contribution in [3.05, 3.63) is 82.3 Å². The second-order valence-corrected chi connectivity index (χ2v) is 10.00. The Morgan fingerprint density at radius 3 is 2.15 bits per heavy atom. The Hall–Kier alpha value is -3.33. The van der Waals surface area contributed by atoms with Crippen molar-refractivity contribution in [2.45, 2.75) is 32.7 Å². The van der Waals surface area contributed by atoms with E-state index in [1.54, 1.807) is 65.6 Å². The van der Waals surface area contributed by atoms with Crippen LogP contribution in [0.4, 0.5) is 11.4 Å². The first-order valence-electron chi connectivity index (χ1n) is 12.6. The molecule has 1 aliphatic heterocycles. The van der Waals surface area contributed by atoms with E-state index in [2.05, 4.69) is 5.32 Å². The molecule has 0 aromatic heterocycles. The van der Waals surface area contributed by atoms with E-state index < -0.39 is 6.04 Å². The summed E-state index contributed by atoms with van der Waals surface area (Å²) >= 11 is 18.2. The number of halogens is 2. The molecule has 0 aliphatic carbocycles. The highest BCUT2D eigenvalue weighted by molar-refractivity contribution is 7.80. The van der Waals surface area contributed by atoms with Crippen LogP contribution in [0.25, 0.3) is 0 Å². The first-order valence-corrected chi connectivity index (χ1v) is 13.8. The lowest BCUT2D eigenvalue weighted by molar-refractivity contribution is -0.124. The quantitative estimate of drug-likeness (QED) is 0.264. The van der Waals surface area contributed by atoms with Crippen LogP contribution in [0.1, 0.15) is 25.8 Å². The third kappa shape index (κ3) is 7.01. The molecule has 1 N–H and O–H groups in total. The van der Waals surface area contributed by atoms with Gasteiger partial charge in [0.15, 0.2) is 5.11 Å². The van der Waals surface area contributed by atoms with Crippen LogP contribution < -0.4 is 19.7 Å². The number of hydrogen-bond donors (Lipinski definition) is 1. The summed E-state index contributed by atoms with van der Waals surface area (Å²) in [6.07, 6.45) is 0.436. The van der Waals surface area contributed by atoms with Crippen molar-refractivity contribution in [3.63, 3.8) is 0 Å². The number of carbonyl (C=O) groups is 2. The molecule has 1 saturated heterocycles. The number of thiocarbonyl (C=S) groups is 1. The fraction of sp³-hybridized carbons (Fsp3) is 0.276. The van der Waals surface area contributed by atoms with Crippen LogP contribution in [-0.2, 0) is 16.0 Å². The summed E-state index contributed by atoms with van der Waals surface area (Å²) in [6.45, 7) is 5.29. The summed E-state index contributed by atoms with van der Waals surface area (Å²) < 4.78 is 11.0. The molecular weight excluding hydrogens is 557 g/mol. The molecule has 204 valence electrons. The second kappa shape index (κ2) is 13.2. The molecule has 4 rings (SSSR count). The van der Waals surface area contributed by atoms with E-state index >= 15 is 0 Å². The summed E-state index contributed by atoms with van der Waals surface area (Å²) in [5.41, 5.74) is 2.09. The predicted octanol–water partition coefficient (Wildman–Crippen LogP) is 6.36. The van der Waals surface area contributed by atoms with Crippen molar-refractivity contribution < 1.29 is 19.1 Å². The van der Waals surface area contributed by atoms with Crippen molar-refractivity contribution in [3.8, 4) is 11.5 Å². The number of hydrogen-bond acceptors (Lipinski definition) is 5. The fourth-order valence-electron chi connectivity index (χ4n) is 4.34. The Morgan fingerprint density at radius 2 is 1.56 bits per heavy atom. The van der Waals surface area contributed by atoms with Gasteiger partial charge in [-0.3, -0.25) is 14.5 Å². The SMILES string of the molecule is CCOc1ccc(NC(=O)C[C@H]2C(=O)N(c3ccc(OCC)cc3)C(=S)N2CCc2ccc(Cl)cc2Cl)cc1. The Balaban J connectivity index is 1.54. The van der Waals surface area contributed by atoms with Crippen molar-refractivity contribution in [2.75, 3.05) is 30.0 Å². The fourth-order valence-corrected chi connectivity index (χ4v) is 5.25. The third-order valence-corrected chi connectivity index (χ3v) is 7.19. The van der Waals surface area contributed by atoms with Crippen LogP contribution in [0.5, 0.6) is 11.5 Å². The van der Waals surface area contributed by atoms with Gasteiger partial charge >= 0.3 is 0 Å². The van der Waals surface area contributed by atoms with Crippen LogP contribution in [0.2, 0.25) is 10.0 Å². The zero-order valence-electron chi connectivity index (χ0n) is 21.7. The van der Waals surface area contributed by atoms with Gasteiger partial charge in [-0.25, -0.2) is 0 Å². The number of ether oxygens (including phenoxy) is 2. The average molecular weight is 587 g/mol. The molecule has 0 bridgehead atoms. The molecule has 1 heterocycles. The zero-order chi connectivity index (χ0) is 27.9. The highest BCUT2D eigenvalue weighted by Crippen LogP contribution is 2.30. The Labute approximate surface area is 243 Å². The maximum atomic E-state index is 13.7. The highest BCUT2D eigenvalue weighted by Gasteiger charge is 2.44. The molecule has 1 fully saturated rings. The maximum absolute atomic E-state index is 13.7. The number of anilines is 2. The summed E-state index contributed by atoms with van der Waals surface area (Å²) in [5.74, 6) is 0.834. The second-order valence-electron chi connectivity index (χ2n) is 8.79. The van der Waals surface area contributed by atoms with Gasteiger partial charge in [-0.1, -0.05) is 29.3 Å². The van der Waals surface area contributed by atoms with E-state index in [4.69, 9.17) is 44.9 Å². The minimum absolute atomic E-state index is 0.0753. The lowest BCUT2D eigenvalue weighted by Crippen LogP contribution is -2.39. The van der Waals surface area contributed by atoms with Crippen molar-refractivity contribution in [2.24, 2.45) is 0 Å². The van der Waals surface area contributed by atoms with E-state index in [0.29, 0.717) is 64.2 Å². The van der Waals surface area contributed by atoms with Crippen LogP contribution in [-0.4, -0.2) is 47.6 Å². The van der Waals surface area contributed by atoms with Gasteiger partial charge in [-0.2, -0.15) is 0 Å². The summed E-state index contributed by atoms with van der Waals surface area (Å²) in [6, 6.07) is 18.8. The van der Waals surface area contributed by atoms with Gasteiger partial charge in [0.05, 0.1) is 25.3 Å². The van der Waals surface area contributed by atoms with E-state index in [-0.39, 0.29) is 18.2 Å². The first kappa shape index (κ1) is 28.7. The van der Waals surface area contributed by atoms with E-state index in [9.17, 15) is 9.59 Å². The molecular formula is C29H29Cl2N3O4S. The predicted molar refractivity (Wildman–Crippen MR) is 159 cm³/mol. The van der Waals surface area contributed by atoms with Gasteiger partial charge in [0.1, 0.15) is 17.5 Å². The van der Waals surface area contributed by atoms with Crippen LogP contribution >= 0.6 is 35.4 Å². The van der Waals surface area contributed by atoms with Gasteiger partial charge in [-0.05, 0) is 98.7 Å². The van der Waals surface area contributed by atoms with E-state index in [0.717, 1.165) is 5.56 Å². The Kier molecular flexibility index (Phi) is 9.67. The lowest BCUT2D eigenvalue weighted by atomic mass is 10.1. The molecule has 2 amide bonds. The molecule has 0 unspecified atom stereocenters. The number of nitrogens with one attached hydrogen (secondary N) is 1. The molecule has 0 saturated carbocycles. The zero-order valence-corrected chi connectivity index (χ0v) is 24.0. The number of amides is 2. The maximum Gasteiger partial charge on any atom is 0.256 e. The van der Waals surface area contributed by atoms with Crippen LogP contribution in [0.3, 0.4) is 0 Å². The largest absolute Gasteiger partial charge is 0.494 e. The number of carbonyl (C=O) groups excluding carboxylic acids is 2. The normalized spacial score (nSPS) is 15.0. The van der Waals surface area contributed by atoms with Gasteiger partial charge in [0.25, 0.3) is 5.91 Å². The molecule has 1 aliphatic rings. The van der Waals surface area contributed by atoms with E-state index in [1.807, 2.05) is 19.9 Å². The summed E-state index contributed by atoms with van der Waals surface area (Å²) in [5, 5.41) is 4.28. The molecule has 0 spiro atoms. The summed E-state index contributed by atoms with van der Waals surface area (Å²) in [4.78, 5) is 30.0. The first-order chi connectivity index (χ1) is 18.8. The van der Waals surface area contributed by atoms with Crippen molar-refractivity contribution in [1.82, 2.24) is 4.90 Å². The molecule has 1 atom stereocenters. The average Bonchev–Trinajstić information content (AvgIpc) is 3.14. The molecule has 3 aromatic rings. The number of nitrogens with zero attached hydrogens (tertiary/aromatic N) is 2. The van der Waals surface area contributed by atoms with Crippen LogP contribution in [0.15, 0.2) is 66.7 Å². The van der Waals surface area contributed by atoms with E-state index in [1.165, 1.54) is 4.90 Å². The highest BCUT2D eigenvalue weighted by atomic mass is 35.5. The van der Waals surface area contributed by atoms with Crippen molar-refractivity contribution >= 4 is 63.7 Å². The van der Waals surface area contributed by atoms with Gasteiger partial charge in [0.2, 0.25) is 5.91 Å². The smallest absolute Gasteiger partial charge is 0.256 e. The number of benzene rings is 3. The molecule has 7 nitrogen and oxygen atoms in total. The standard InChI is InChI=1S/C29H29Cl2N3O4S/c1-3-37-23-11-7-21(8-12-23)32-27(35)18-26-28(36)34(22-9-13-24(14-10-22)38-4-2)29(39)33(26)16-15-19-5-6-20(30)17-25(19)31/h5-14,17,26H,3-4,15-16,18H2,1-2H3,(H,32,35)/t26-/m0/s1. The van der Waals surface area contributed by atoms with Gasteiger partial charge in [-0.15, -0.1) is 0 Å². The molecule has 0 radical (unpaired) electrons. The van der Waals surface area contributed by atoms with Crippen LogP contribution in [0, 0.1) is 0 Å². The van der Waals surface area contributed by atoms with Gasteiger partial charge < -0.3 is 19.7 Å². The monoisotopic (exact) mass is 585 g/mol. The minimum atomic E-state index is -0.780. The molecule has 39 heavy (non-hydrogen) atoms. The van der Waals surface area contributed by atoms with Crippen molar-refractivity contribution in [1.29, 1.82) is 0 Å². The summed E-state index contributed by atoms with van der Waals surface area (Å²) in [7, 11) is 0. The minimum Gasteiger partial charge on any atom is -0.494 e.